The molecule has 0 spiro atoms. The summed E-state index contributed by atoms with van der Waals surface area (Å²) in [5.74, 6) is -1.04. The van der Waals surface area contributed by atoms with Crippen LogP contribution in [0.15, 0.2) is 18.7 Å². The number of imidazole rings is 1. The number of hydrogen-bond donors (Lipinski definition) is 0. The Morgan fingerprint density at radius 3 is 1.96 bits per heavy atom. The van der Waals surface area contributed by atoms with Crippen LogP contribution in [0.3, 0.4) is 0 Å². The number of carboxylic acid groups (broad SMARTS) is 1. The highest BCUT2D eigenvalue weighted by Crippen LogP contribution is 2.12. The van der Waals surface area contributed by atoms with Crippen molar-refractivity contribution in [2.75, 3.05) is 0 Å². The second-order valence-corrected chi connectivity index (χ2v) is 6.58. The minimum absolute atomic E-state index is 0.0640. The summed E-state index contributed by atoms with van der Waals surface area (Å²) < 4.78 is 3.70. The summed E-state index contributed by atoms with van der Waals surface area (Å²) in [6, 6.07) is 0. The quantitative estimate of drug-likeness (QED) is 0.368. The molecule has 0 radical (unpaired) electrons. The third kappa shape index (κ3) is 10.9. The molecule has 1 heterocycles. The van der Waals surface area contributed by atoms with Crippen molar-refractivity contribution in [3.8, 4) is 0 Å². The number of nitrogens with zero attached hydrogens (tertiary/aromatic N) is 2. The maximum absolute atomic E-state index is 10.5. The molecule has 4 heteroatoms. The van der Waals surface area contributed by atoms with E-state index in [4.69, 9.17) is 0 Å². The Hall–Kier alpha value is -1.32. The lowest BCUT2D eigenvalue weighted by Gasteiger charge is -2.02. The van der Waals surface area contributed by atoms with Gasteiger partial charge in [0.05, 0.1) is 12.5 Å². The molecule has 1 aromatic heterocycles. The first-order chi connectivity index (χ1) is 11.2. The van der Waals surface area contributed by atoms with Crippen LogP contribution in [0.4, 0.5) is 0 Å². The van der Waals surface area contributed by atoms with Gasteiger partial charge in [-0.1, -0.05) is 71.1 Å². The van der Waals surface area contributed by atoms with Gasteiger partial charge in [-0.3, -0.25) is 0 Å². The van der Waals surface area contributed by atoms with Gasteiger partial charge in [0, 0.05) is 0 Å². The monoisotopic (exact) mass is 322 g/mol. The largest absolute Gasteiger partial charge is 0.546 e. The summed E-state index contributed by atoms with van der Waals surface area (Å²) in [4.78, 5) is 10.5. The summed E-state index contributed by atoms with van der Waals surface area (Å²) >= 11 is 0. The molecule has 0 aromatic carbocycles. The SMILES string of the molecule is CCCCCCCCCCCCCCn1cc[n+](CC(=O)[O-])c1. The van der Waals surface area contributed by atoms with Gasteiger partial charge >= 0.3 is 0 Å². The van der Waals surface area contributed by atoms with Crippen LogP contribution in [0.25, 0.3) is 0 Å². The molecular formula is C19H34N2O2. The zero-order chi connectivity index (χ0) is 16.8. The molecule has 0 N–H and O–H groups in total. The van der Waals surface area contributed by atoms with Crippen molar-refractivity contribution in [3.05, 3.63) is 18.7 Å². The van der Waals surface area contributed by atoms with Gasteiger partial charge in [-0.2, -0.15) is 0 Å². The average Bonchev–Trinajstić information content (AvgIpc) is 2.95. The molecule has 0 atom stereocenters. The molecule has 0 aliphatic rings. The normalized spacial score (nSPS) is 11.0. The third-order valence-corrected chi connectivity index (χ3v) is 4.33. The first-order valence-corrected chi connectivity index (χ1v) is 9.47. The van der Waals surface area contributed by atoms with Gasteiger partial charge in [-0.15, -0.1) is 0 Å². The van der Waals surface area contributed by atoms with E-state index < -0.39 is 5.97 Å². The Labute approximate surface area is 141 Å². The fourth-order valence-corrected chi connectivity index (χ4v) is 2.95. The number of rotatable bonds is 15. The van der Waals surface area contributed by atoms with Crippen molar-refractivity contribution in [3.63, 3.8) is 0 Å². The molecule has 1 rings (SSSR count). The standard InChI is InChI=1S/C19H34N2O2/c1-2-3-4-5-6-7-8-9-10-11-12-13-14-20-15-16-21(18-20)17-19(22)23/h15-16,18H,2-14,17H2,1H3. The number of aryl methyl sites for hydroxylation is 1. The third-order valence-electron chi connectivity index (χ3n) is 4.33. The van der Waals surface area contributed by atoms with E-state index in [0.29, 0.717) is 0 Å². The minimum Gasteiger partial charge on any atom is -0.546 e. The smallest absolute Gasteiger partial charge is 0.244 e. The van der Waals surface area contributed by atoms with Crippen molar-refractivity contribution < 1.29 is 14.5 Å². The fraction of sp³-hybridized carbons (Fsp3) is 0.789. The highest BCUT2D eigenvalue weighted by Gasteiger charge is 2.03. The number of hydrogen-bond acceptors (Lipinski definition) is 2. The Morgan fingerprint density at radius 1 is 0.913 bits per heavy atom. The lowest BCUT2D eigenvalue weighted by Crippen LogP contribution is -2.42. The number of aliphatic carboxylic acids is 1. The van der Waals surface area contributed by atoms with Gasteiger partial charge in [0.1, 0.15) is 18.9 Å². The maximum Gasteiger partial charge on any atom is 0.244 e. The molecule has 0 saturated carbocycles. The molecule has 0 amide bonds. The van der Waals surface area contributed by atoms with E-state index in [2.05, 4.69) is 11.5 Å². The number of aromatic nitrogens is 2. The highest BCUT2D eigenvalue weighted by atomic mass is 16.4. The van der Waals surface area contributed by atoms with Crippen molar-refractivity contribution in [2.24, 2.45) is 0 Å². The van der Waals surface area contributed by atoms with Crippen LogP contribution in [0.5, 0.6) is 0 Å². The molecule has 4 nitrogen and oxygen atoms in total. The highest BCUT2D eigenvalue weighted by molar-refractivity contribution is 5.62. The molecule has 132 valence electrons. The van der Waals surface area contributed by atoms with Gasteiger partial charge in [0.15, 0.2) is 0 Å². The molecule has 0 aliphatic carbocycles. The molecule has 0 fully saturated rings. The van der Waals surface area contributed by atoms with Crippen LogP contribution in [-0.4, -0.2) is 10.5 Å². The van der Waals surface area contributed by atoms with Gasteiger partial charge in [0.25, 0.3) is 0 Å². The predicted molar refractivity (Wildman–Crippen MR) is 90.7 cm³/mol. The Bertz CT molecular complexity index is 415. The summed E-state index contributed by atoms with van der Waals surface area (Å²) in [5, 5.41) is 10.5. The van der Waals surface area contributed by atoms with E-state index in [1.807, 2.05) is 12.5 Å². The number of unbranched alkanes of at least 4 members (excludes halogenated alkanes) is 11. The van der Waals surface area contributed by atoms with Crippen LogP contribution in [0, 0.1) is 0 Å². The van der Waals surface area contributed by atoms with Gasteiger partial charge in [-0.25, -0.2) is 9.13 Å². The molecule has 23 heavy (non-hydrogen) atoms. The fourth-order valence-electron chi connectivity index (χ4n) is 2.95. The Balaban J connectivity index is 1.88. The van der Waals surface area contributed by atoms with E-state index in [-0.39, 0.29) is 6.54 Å². The van der Waals surface area contributed by atoms with Crippen LogP contribution < -0.4 is 9.67 Å². The lowest BCUT2D eigenvalue weighted by atomic mass is 10.1. The van der Waals surface area contributed by atoms with Crippen LogP contribution in [-0.2, 0) is 17.9 Å². The second-order valence-electron chi connectivity index (χ2n) is 6.58. The second kappa shape index (κ2) is 13.1. The van der Waals surface area contributed by atoms with Gasteiger partial charge in [0.2, 0.25) is 6.33 Å². The number of carbonyl (C=O) groups excluding carboxylic acids is 1. The Kier molecular flexibility index (Phi) is 11.3. The van der Waals surface area contributed by atoms with E-state index in [9.17, 15) is 9.90 Å². The Morgan fingerprint density at radius 2 is 1.43 bits per heavy atom. The van der Waals surface area contributed by atoms with Crippen molar-refractivity contribution in [1.29, 1.82) is 0 Å². The van der Waals surface area contributed by atoms with Gasteiger partial charge < -0.3 is 9.90 Å². The van der Waals surface area contributed by atoms with E-state index in [1.54, 1.807) is 10.8 Å². The molecule has 0 saturated heterocycles. The number of carbonyl (C=O) groups is 1. The maximum atomic E-state index is 10.5. The average molecular weight is 322 g/mol. The zero-order valence-corrected chi connectivity index (χ0v) is 14.8. The van der Waals surface area contributed by atoms with Crippen molar-refractivity contribution in [2.45, 2.75) is 97.1 Å². The van der Waals surface area contributed by atoms with E-state index in [0.717, 1.165) is 13.0 Å². The molecule has 0 bridgehead atoms. The molecule has 1 aromatic rings. The summed E-state index contributed by atoms with van der Waals surface area (Å²) in [6.07, 6.45) is 21.8. The molecular weight excluding hydrogens is 288 g/mol. The van der Waals surface area contributed by atoms with Crippen LogP contribution in [0.2, 0.25) is 0 Å². The number of carboxylic acids is 1. The molecule has 0 unspecified atom stereocenters. The summed E-state index contributed by atoms with van der Waals surface area (Å²) in [7, 11) is 0. The zero-order valence-electron chi connectivity index (χ0n) is 14.8. The minimum atomic E-state index is -1.04. The predicted octanol–water partition coefficient (Wildman–Crippen LogP) is 3.23. The van der Waals surface area contributed by atoms with Crippen molar-refractivity contribution in [1.82, 2.24) is 4.57 Å². The van der Waals surface area contributed by atoms with E-state index >= 15 is 0 Å². The van der Waals surface area contributed by atoms with Crippen LogP contribution >= 0.6 is 0 Å². The lowest BCUT2D eigenvalue weighted by molar-refractivity contribution is -0.690. The summed E-state index contributed by atoms with van der Waals surface area (Å²) in [5.41, 5.74) is 0. The van der Waals surface area contributed by atoms with Crippen molar-refractivity contribution >= 4 is 5.97 Å². The van der Waals surface area contributed by atoms with Gasteiger partial charge in [-0.05, 0) is 12.8 Å². The topological polar surface area (TPSA) is 48.9 Å². The first kappa shape index (κ1) is 19.7. The van der Waals surface area contributed by atoms with E-state index in [1.165, 1.54) is 70.6 Å². The first-order valence-electron chi connectivity index (χ1n) is 9.47. The summed E-state index contributed by atoms with van der Waals surface area (Å²) in [6.45, 7) is 3.17. The van der Waals surface area contributed by atoms with Crippen LogP contribution in [0.1, 0.15) is 84.0 Å². The molecule has 0 aliphatic heterocycles.